The Bertz CT molecular complexity index is 35.3. The molecule has 0 saturated carbocycles. The summed E-state index contributed by atoms with van der Waals surface area (Å²) in [5.41, 5.74) is 0. The third kappa shape index (κ3) is 0.462. The Hall–Kier alpha value is 0.960. The number of hydrogen-bond donors (Lipinski definition) is 0. The normalized spacial score (nSPS) is 18.0. The molecule has 1 aliphatic rings. The first-order chi connectivity index (χ1) is 2.00. The van der Waals surface area contributed by atoms with Crippen molar-refractivity contribution in [3.63, 3.8) is 0 Å². The van der Waals surface area contributed by atoms with Crippen molar-refractivity contribution < 1.29 is 0 Å². The second kappa shape index (κ2) is 1.41. The molecule has 0 spiro atoms. The first kappa shape index (κ1) is 3.16. The van der Waals surface area contributed by atoms with Gasteiger partial charge in [-0.15, -0.1) is 0 Å². The van der Waals surface area contributed by atoms with Gasteiger partial charge in [0.15, 0.2) is 0 Å². The Balaban J connectivity index is 2.47. The van der Waals surface area contributed by atoms with E-state index in [-0.39, 0.29) is 21.5 Å². The van der Waals surface area contributed by atoms with Crippen molar-refractivity contribution in [3.05, 3.63) is 9.24 Å². The van der Waals surface area contributed by atoms with Crippen LogP contribution in [0.1, 0.15) is 0 Å². The van der Waals surface area contributed by atoms with Gasteiger partial charge >= 0.3 is 39.3 Å². The summed E-state index contributed by atoms with van der Waals surface area (Å²) in [4.78, 5) is 0. The van der Waals surface area contributed by atoms with Gasteiger partial charge in [-0.3, -0.25) is 0 Å². The van der Waals surface area contributed by atoms with Crippen LogP contribution in [0, 0.1) is 0 Å². The summed E-state index contributed by atoms with van der Waals surface area (Å²) >= 11 is -0.117. The fourth-order valence-electron chi connectivity index (χ4n) is 0.0962. The van der Waals surface area contributed by atoms with Gasteiger partial charge in [0.2, 0.25) is 0 Å². The zero-order valence-corrected chi connectivity index (χ0v) is 7.12. The van der Waals surface area contributed by atoms with E-state index in [1.807, 2.05) is 0 Å². The molecule has 1 rings (SSSR count). The summed E-state index contributed by atoms with van der Waals surface area (Å²) in [7, 11) is 2.07. The van der Waals surface area contributed by atoms with E-state index in [0.717, 1.165) is 0 Å². The van der Waals surface area contributed by atoms with E-state index in [1.54, 1.807) is 0 Å². The van der Waals surface area contributed by atoms with Crippen LogP contribution in [0.2, 0.25) is 0 Å². The second-order valence-electron chi connectivity index (χ2n) is 0.705. The van der Waals surface area contributed by atoms with Crippen LogP contribution in [0.4, 0.5) is 0 Å². The first-order valence-corrected chi connectivity index (χ1v) is 9.59. The van der Waals surface area contributed by atoms with Gasteiger partial charge < -0.3 is 0 Å². The molecule has 2 heteroatoms. The fraction of sp³-hybridized carbons (Fsp3) is 0. The molecule has 1 aliphatic heterocycles. The zero-order chi connectivity index (χ0) is 2.83. The summed E-state index contributed by atoms with van der Waals surface area (Å²) in [5, 5.41) is 2.19. The van der Waals surface area contributed by atoms with E-state index in [9.17, 15) is 0 Å². The van der Waals surface area contributed by atoms with Crippen LogP contribution in [0.5, 0.6) is 0 Å². The van der Waals surface area contributed by atoms with Crippen LogP contribution in [-0.2, 0) is 0 Å². The molecule has 4 heavy (non-hydrogen) atoms. The van der Waals surface area contributed by atoms with E-state index >= 15 is 0 Å². The van der Waals surface area contributed by atoms with Gasteiger partial charge in [-0.25, -0.2) is 0 Å². The molecule has 0 bridgehead atoms. The van der Waals surface area contributed by atoms with E-state index in [1.165, 1.54) is 0 Å². The molecule has 0 fully saturated rings. The van der Waals surface area contributed by atoms with E-state index in [2.05, 4.69) is 17.8 Å². The molecule has 0 aliphatic carbocycles. The maximum absolute atomic E-state index is 2.35. The Kier molecular flexibility index (Phi) is 1.11. The van der Waals surface area contributed by atoms with Crippen LogP contribution in [-0.4, -0.2) is 21.5 Å². The predicted octanol–water partition coefficient (Wildman–Crippen LogP) is 0.556. The van der Waals surface area contributed by atoms with Gasteiger partial charge in [0, 0.05) is 0 Å². The average Bonchev–Trinajstić information content (AvgIpc) is 0.722. The first-order valence-electron chi connectivity index (χ1n) is 1.27. The molecular weight excluding hydrogens is 171 g/mol. The monoisotopic (exact) mass is 174 g/mol. The third-order valence-electron chi connectivity index (χ3n) is 0.385. The van der Waals surface area contributed by atoms with E-state index in [0.29, 0.717) is 0 Å². The van der Waals surface area contributed by atoms with Crippen LogP contribution in [0.3, 0.4) is 0 Å². The summed E-state index contributed by atoms with van der Waals surface area (Å²) in [6.45, 7) is 0. The molecule has 20 valence electrons. The quantitative estimate of drug-likeness (QED) is 0.516. The molecule has 0 nitrogen and oxygen atoms in total. The number of rotatable bonds is 0. The molecule has 0 unspecified atom stereocenters. The van der Waals surface area contributed by atoms with Crippen LogP contribution in [0.25, 0.3) is 0 Å². The molecule has 0 aromatic rings. The molecule has 0 aromatic heterocycles. The van der Waals surface area contributed by atoms with Gasteiger partial charge in [-0.2, -0.15) is 0 Å². The van der Waals surface area contributed by atoms with E-state index in [4.69, 9.17) is 0 Å². The summed E-state index contributed by atoms with van der Waals surface area (Å²) < 4.78 is 2.35. The SMILES string of the molecule is C1=[CH][InH][S]1. The van der Waals surface area contributed by atoms with Crippen molar-refractivity contribution in [2.24, 2.45) is 0 Å². The van der Waals surface area contributed by atoms with Crippen LogP contribution >= 0.6 is 8.59 Å². The Morgan fingerprint density at radius 1 is 1.75 bits per heavy atom. The maximum atomic E-state index is 2.35. The summed E-state index contributed by atoms with van der Waals surface area (Å²) in [5.74, 6) is 0. The molecule has 0 saturated heterocycles. The average molecular weight is 174 g/mol. The minimum atomic E-state index is -0.117. The van der Waals surface area contributed by atoms with Crippen molar-refractivity contribution in [1.82, 2.24) is 0 Å². The van der Waals surface area contributed by atoms with Crippen molar-refractivity contribution in [2.75, 3.05) is 0 Å². The minimum absolute atomic E-state index is 0.117. The molecular formula is C2H3InS. The third-order valence-corrected chi connectivity index (χ3v) is 7.75. The molecule has 0 aromatic carbocycles. The molecule has 0 radical (unpaired) electrons. The van der Waals surface area contributed by atoms with Crippen molar-refractivity contribution in [3.8, 4) is 0 Å². The molecule has 0 atom stereocenters. The number of hydrogen-bond acceptors (Lipinski definition) is 1. The van der Waals surface area contributed by atoms with Gasteiger partial charge in [-0.05, 0) is 0 Å². The zero-order valence-electron chi connectivity index (χ0n) is 2.27. The standard InChI is InChI=1S/C2H3S.In.H/c1-2-3;;/h1-3H;;/q;+1;/p-1. The Labute approximate surface area is 39.3 Å². The molecule has 0 N–H and O–H groups in total. The van der Waals surface area contributed by atoms with Gasteiger partial charge in [0.1, 0.15) is 0 Å². The van der Waals surface area contributed by atoms with Gasteiger partial charge in [-0.1, -0.05) is 0 Å². The topological polar surface area (TPSA) is 0 Å². The summed E-state index contributed by atoms with van der Waals surface area (Å²) in [6.07, 6.45) is 0. The van der Waals surface area contributed by atoms with Crippen molar-refractivity contribution in [2.45, 2.75) is 0 Å². The Morgan fingerprint density at radius 3 is 2.00 bits per heavy atom. The van der Waals surface area contributed by atoms with E-state index < -0.39 is 0 Å². The predicted molar refractivity (Wildman–Crippen MR) is 23.9 cm³/mol. The van der Waals surface area contributed by atoms with Crippen LogP contribution in [0.15, 0.2) is 9.24 Å². The van der Waals surface area contributed by atoms with Crippen molar-refractivity contribution >= 4 is 30.0 Å². The van der Waals surface area contributed by atoms with Gasteiger partial charge in [0.25, 0.3) is 0 Å². The summed E-state index contributed by atoms with van der Waals surface area (Å²) in [6, 6.07) is 0. The fourth-order valence-corrected chi connectivity index (χ4v) is 1.94. The van der Waals surface area contributed by atoms with Gasteiger partial charge in [0.05, 0.1) is 0 Å². The second-order valence-corrected chi connectivity index (χ2v) is 8.70. The Morgan fingerprint density at radius 2 is 2.00 bits per heavy atom. The van der Waals surface area contributed by atoms with Crippen LogP contribution < -0.4 is 0 Å². The molecule has 1 heterocycles. The van der Waals surface area contributed by atoms with Crippen molar-refractivity contribution in [1.29, 1.82) is 0 Å². The molecule has 0 amide bonds.